The fraction of sp³-hybridized carbons (Fsp3) is 0.222. The summed E-state index contributed by atoms with van der Waals surface area (Å²) >= 11 is 0. The molecule has 2 aromatic heterocycles. The average Bonchev–Trinajstić information content (AvgIpc) is 2.89. The molecule has 0 spiro atoms. The molecule has 1 aromatic carbocycles. The summed E-state index contributed by atoms with van der Waals surface area (Å²) in [7, 11) is 2.15. The van der Waals surface area contributed by atoms with Crippen molar-refractivity contribution in [2.24, 2.45) is 0 Å². The monoisotopic (exact) mass is 467 g/mol. The lowest BCUT2D eigenvalue weighted by atomic mass is 9.93. The predicted octanol–water partition coefficient (Wildman–Crippen LogP) is 3.76. The summed E-state index contributed by atoms with van der Waals surface area (Å²) in [4.78, 5) is 25.5. The normalized spacial score (nSPS) is 17.6. The topological polar surface area (TPSA) is 76.6 Å². The SMILES string of the molecule is C=CC(=O)Nc1cccc(C2c3ccncc3C=CN2Nc2ccc(N3CCN(C)CC3)nc2)c1. The van der Waals surface area contributed by atoms with Crippen LogP contribution in [-0.4, -0.2) is 59.0 Å². The van der Waals surface area contributed by atoms with E-state index in [0.717, 1.165) is 60.1 Å². The van der Waals surface area contributed by atoms with Crippen molar-refractivity contribution in [3.8, 4) is 0 Å². The number of aromatic nitrogens is 2. The van der Waals surface area contributed by atoms with Crippen molar-refractivity contribution in [2.75, 3.05) is 48.9 Å². The maximum atomic E-state index is 11.8. The highest BCUT2D eigenvalue weighted by Gasteiger charge is 2.26. The first kappa shape index (κ1) is 22.6. The van der Waals surface area contributed by atoms with Crippen LogP contribution in [0.4, 0.5) is 17.2 Å². The van der Waals surface area contributed by atoms with E-state index in [1.54, 1.807) is 6.20 Å². The van der Waals surface area contributed by atoms with E-state index in [1.165, 1.54) is 6.08 Å². The van der Waals surface area contributed by atoms with Crippen molar-refractivity contribution in [3.05, 3.63) is 96.6 Å². The van der Waals surface area contributed by atoms with Gasteiger partial charge in [-0.05, 0) is 66.2 Å². The fourth-order valence-corrected chi connectivity index (χ4v) is 4.45. The van der Waals surface area contributed by atoms with Crippen molar-refractivity contribution >= 4 is 29.2 Å². The highest BCUT2D eigenvalue weighted by molar-refractivity contribution is 5.98. The van der Waals surface area contributed by atoms with Gasteiger partial charge in [-0.25, -0.2) is 4.98 Å². The van der Waals surface area contributed by atoms with Gasteiger partial charge in [0.1, 0.15) is 11.9 Å². The number of benzene rings is 1. The van der Waals surface area contributed by atoms with Crippen LogP contribution in [0, 0.1) is 0 Å². The number of nitrogens with one attached hydrogen (secondary N) is 2. The standard InChI is InChI=1S/C27H29N7O/c1-3-26(35)30-22-6-4-5-20(17-22)27-24-9-11-28-18-21(24)10-12-34(27)31-23-7-8-25(29-19-23)33-15-13-32(2)14-16-33/h3-12,17-19,27,31H,1,13-16H2,2H3,(H,30,35). The van der Waals surface area contributed by atoms with Crippen LogP contribution in [0.5, 0.6) is 0 Å². The molecule has 8 nitrogen and oxygen atoms in total. The van der Waals surface area contributed by atoms with Gasteiger partial charge in [0.05, 0.1) is 11.9 Å². The Morgan fingerprint density at radius 3 is 2.71 bits per heavy atom. The van der Waals surface area contributed by atoms with Crippen LogP contribution >= 0.6 is 0 Å². The number of likely N-dealkylation sites (N-methyl/N-ethyl adjacent to an activating group) is 1. The Kier molecular flexibility index (Phi) is 6.45. The molecule has 4 heterocycles. The number of hydrazine groups is 1. The Labute approximate surface area is 205 Å². The number of anilines is 3. The minimum atomic E-state index is -0.239. The number of hydrogen-bond donors (Lipinski definition) is 2. The van der Waals surface area contributed by atoms with Gasteiger partial charge in [-0.15, -0.1) is 0 Å². The van der Waals surface area contributed by atoms with Crippen LogP contribution in [0.1, 0.15) is 22.7 Å². The highest BCUT2D eigenvalue weighted by Crippen LogP contribution is 2.36. The molecule has 8 heteroatoms. The molecular weight excluding hydrogens is 438 g/mol. The van der Waals surface area contributed by atoms with E-state index in [1.807, 2.05) is 48.9 Å². The summed E-state index contributed by atoms with van der Waals surface area (Å²) in [5.74, 6) is 0.758. The number of piperazine rings is 1. The molecule has 1 saturated heterocycles. The van der Waals surface area contributed by atoms with Crippen LogP contribution in [0.3, 0.4) is 0 Å². The first-order chi connectivity index (χ1) is 17.1. The second-order valence-corrected chi connectivity index (χ2v) is 8.76. The van der Waals surface area contributed by atoms with Gasteiger partial charge >= 0.3 is 0 Å². The molecular formula is C27H29N7O. The molecule has 5 rings (SSSR count). The second-order valence-electron chi connectivity index (χ2n) is 8.76. The van der Waals surface area contributed by atoms with E-state index in [9.17, 15) is 4.79 Å². The number of pyridine rings is 2. The molecule has 0 radical (unpaired) electrons. The third-order valence-corrected chi connectivity index (χ3v) is 6.36. The van der Waals surface area contributed by atoms with E-state index >= 15 is 0 Å². The van der Waals surface area contributed by atoms with Crippen LogP contribution in [-0.2, 0) is 4.79 Å². The van der Waals surface area contributed by atoms with Gasteiger partial charge in [-0.1, -0.05) is 18.7 Å². The Hall–Kier alpha value is -4.17. The van der Waals surface area contributed by atoms with Gasteiger partial charge in [-0.2, -0.15) is 0 Å². The zero-order chi connectivity index (χ0) is 24.2. The molecule has 2 aliphatic heterocycles. The van der Waals surface area contributed by atoms with E-state index in [-0.39, 0.29) is 11.9 Å². The van der Waals surface area contributed by atoms with Gasteiger partial charge < -0.3 is 15.1 Å². The molecule has 0 bridgehead atoms. The summed E-state index contributed by atoms with van der Waals surface area (Å²) in [6.07, 6.45) is 10.9. The Morgan fingerprint density at radius 1 is 1.09 bits per heavy atom. The number of carbonyl (C=O) groups excluding carboxylic acids is 1. The molecule has 1 amide bonds. The van der Waals surface area contributed by atoms with Gasteiger partial charge in [0.2, 0.25) is 5.91 Å². The largest absolute Gasteiger partial charge is 0.354 e. The van der Waals surface area contributed by atoms with E-state index in [0.29, 0.717) is 0 Å². The zero-order valence-electron chi connectivity index (χ0n) is 19.8. The van der Waals surface area contributed by atoms with Gasteiger partial charge in [-0.3, -0.25) is 20.2 Å². The number of amides is 1. The first-order valence-corrected chi connectivity index (χ1v) is 11.7. The van der Waals surface area contributed by atoms with Crippen molar-refractivity contribution in [2.45, 2.75) is 6.04 Å². The zero-order valence-corrected chi connectivity index (χ0v) is 19.8. The molecule has 35 heavy (non-hydrogen) atoms. The van der Waals surface area contributed by atoms with Crippen LogP contribution in [0.15, 0.2) is 79.9 Å². The summed E-state index contributed by atoms with van der Waals surface area (Å²) in [6.45, 7) is 7.59. The summed E-state index contributed by atoms with van der Waals surface area (Å²) in [5, 5.41) is 4.91. The van der Waals surface area contributed by atoms with E-state index < -0.39 is 0 Å². The minimum absolute atomic E-state index is 0.129. The van der Waals surface area contributed by atoms with Crippen LogP contribution in [0.25, 0.3) is 6.08 Å². The molecule has 3 aromatic rings. The van der Waals surface area contributed by atoms with Gasteiger partial charge in [0.15, 0.2) is 0 Å². The van der Waals surface area contributed by atoms with Crippen molar-refractivity contribution in [3.63, 3.8) is 0 Å². The average molecular weight is 468 g/mol. The lowest BCUT2D eigenvalue weighted by Crippen LogP contribution is -2.44. The molecule has 178 valence electrons. The number of rotatable bonds is 6. The summed E-state index contributed by atoms with van der Waals surface area (Å²) in [5.41, 5.74) is 8.32. The van der Waals surface area contributed by atoms with Gasteiger partial charge in [0.25, 0.3) is 0 Å². The van der Waals surface area contributed by atoms with Crippen LogP contribution < -0.4 is 15.6 Å². The summed E-state index contributed by atoms with van der Waals surface area (Å²) < 4.78 is 0. The molecule has 0 saturated carbocycles. The molecule has 0 aliphatic carbocycles. The van der Waals surface area contributed by atoms with Gasteiger partial charge in [0, 0.05) is 50.5 Å². The lowest BCUT2D eigenvalue weighted by Gasteiger charge is -2.36. The second kappa shape index (κ2) is 9.99. The molecule has 1 unspecified atom stereocenters. The van der Waals surface area contributed by atoms with Crippen molar-refractivity contribution in [1.82, 2.24) is 19.9 Å². The number of hydrogen-bond acceptors (Lipinski definition) is 7. The van der Waals surface area contributed by atoms with Crippen molar-refractivity contribution < 1.29 is 4.79 Å². The lowest BCUT2D eigenvalue weighted by molar-refractivity contribution is -0.111. The first-order valence-electron chi connectivity index (χ1n) is 11.7. The number of fused-ring (bicyclic) bond motifs is 1. The third kappa shape index (κ3) is 5.02. The molecule has 1 fully saturated rings. The van der Waals surface area contributed by atoms with E-state index in [4.69, 9.17) is 4.98 Å². The highest BCUT2D eigenvalue weighted by atomic mass is 16.1. The van der Waals surface area contributed by atoms with Crippen LogP contribution in [0.2, 0.25) is 0 Å². The quantitative estimate of drug-likeness (QED) is 0.535. The number of carbonyl (C=O) groups is 1. The molecule has 2 N–H and O–H groups in total. The third-order valence-electron chi connectivity index (χ3n) is 6.36. The Morgan fingerprint density at radius 2 is 1.94 bits per heavy atom. The predicted molar refractivity (Wildman–Crippen MR) is 140 cm³/mol. The fourth-order valence-electron chi connectivity index (χ4n) is 4.45. The number of nitrogens with zero attached hydrogens (tertiary/aromatic N) is 5. The maximum absolute atomic E-state index is 11.8. The summed E-state index contributed by atoms with van der Waals surface area (Å²) in [6, 6.07) is 13.9. The molecule has 1 atom stereocenters. The van der Waals surface area contributed by atoms with Crippen molar-refractivity contribution in [1.29, 1.82) is 0 Å². The smallest absolute Gasteiger partial charge is 0.247 e. The Bertz CT molecular complexity index is 1230. The maximum Gasteiger partial charge on any atom is 0.247 e. The Balaban J connectivity index is 1.40. The minimum Gasteiger partial charge on any atom is -0.354 e. The molecule has 2 aliphatic rings. The van der Waals surface area contributed by atoms with E-state index in [2.05, 4.69) is 62.4 Å².